The summed E-state index contributed by atoms with van der Waals surface area (Å²) < 4.78 is 45.4. The third kappa shape index (κ3) is 8.34. The van der Waals surface area contributed by atoms with Gasteiger partial charge in [-0.05, 0) is 50.8 Å². The molecule has 1 aromatic carbocycles. The lowest BCUT2D eigenvalue weighted by Gasteiger charge is -2.34. The van der Waals surface area contributed by atoms with Gasteiger partial charge < -0.3 is 19.9 Å². The number of carbonyl (C=O) groups is 1. The molecule has 2 fully saturated rings. The van der Waals surface area contributed by atoms with Gasteiger partial charge in [-0.1, -0.05) is 20.8 Å². The molecular weight excluding hydrogens is 465 g/mol. The van der Waals surface area contributed by atoms with Crippen molar-refractivity contribution in [3.63, 3.8) is 0 Å². The molecule has 2 heterocycles. The third-order valence-electron chi connectivity index (χ3n) is 6.52. The lowest BCUT2D eigenvalue weighted by Crippen LogP contribution is -2.45. The number of nitrogens with zero attached hydrogens (tertiary/aromatic N) is 3. The van der Waals surface area contributed by atoms with Crippen LogP contribution in [0, 0.1) is 10.1 Å². The average molecular weight is 503 g/mol. The number of hydrogen-bond donors (Lipinski definition) is 1. The predicted molar refractivity (Wildman–Crippen MR) is 128 cm³/mol. The molecule has 3 rings (SSSR count). The molecule has 2 aliphatic rings. The molecule has 2 aliphatic heterocycles. The van der Waals surface area contributed by atoms with Gasteiger partial charge in [0.2, 0.25) is 5.91 Å². The maximum atomic E-state index is 13.2. The van der Waals surface area contributed by atoms with Crippen molar-refractivity contribution in [3.05, 3.63) is 33.9 Å². The van der Waals surface area contributed by atoms with Crippen molar-refractivity contribution in [1.82, 2.24) is 9.80 Å². The number of piperidine rings is 2. The molecule has 0 radical (unpaired) electrons. The number of carbonyl (C=O) groups excluding carboxylic acids is 1. The number of nitro groups is 1. The van der Waals surface area contributed by atoms with E-state index in [0.717, 1.165) is 44.6 Å². The van der Waals surface area contributed by atoms with E-state index >= 15 is 0 Å². The van der Waals surface area contributed by atoms with Gasteiger partial charge in [0.15, 0.2) is 0 Å². The zero-order valence-electron chi connectivity index (χ0n) is 19.5. The topological polar surface area (TPSA) is 88.0 Å². The minimum atomic E-state index is -4.82. The Balaban J connectivity index is 0.00000432. The van der Waals surface area contributed by atoms with Crippen molar-refractivity contribution in [3.8, 4) is 0 Å². The average Bonchev–Trinajstić information content (AvgIpc) is 2.81. The van der Waals surface area contributed by atoms with Crippen molar-refractivity contribution in [2.45, 2.75) is 71.2 Å². The molecule has 1 amide bonds. The first-order chi connectivity index (χ1) is 16.2. The van der Waals surface area contributed by atoms with Gasteiger partial charge in [-0.3, -0.25) is 14.9 Å². The fourth-order valence-corrected chi connectivity index (χ4v) is 4.48. The normalized spacial score (nSPS) is 18.2. The minimum absolute atomic E-state index is 0. The second kappa shape index (κ2) is 13.1. The number of rotatable bonds is 9. The number of nitro benzene ring substituents is 1. The zero-order valence-corrected chi connectivity index (χ0v) is 19.5. The van der Waals surface area contributed by atoms with Crippen LogP contribution in [-0.4, -0.2) is 72.1 Å². The standard InChI is InChI=1S/C23H33F3N4O4.CH4/c1-2-3-10-28-11-8-19(9-12-28)34-16-22(31)29-13-6-17(7-14-29)27-18-4-5-21(30(32)33)20(15-18)23(24,25)26;/h4-5,15,17,19,27H,2-3,6-14,16H2,1H3;1H4. The molecular formula is C24H37F3N4O4. The summed E-state index contributed by atoms with van der Waals surface area (Å²) in [4.78, 5) is 26.6. The molecule has 8 nitrogen and oxygen atoms in total. The molecule has 0 saturated carbocycles. The molecule has 2 saturated heterocycles. The van der Waals surface area contributed by atoms with E-state index in [1.165, 1.54) is 18.9 Å². The van der Waals surface area contributed by atoms with E-state index in [2.05, 4.69) is 17.1 Å². The molecule has 11 heteroatoms. The molecule has 0 spiro atoms. The largest absolute Gasteiger partial charge is 0.423 e. The summed E-state index contributed by atoms with van der Waals surface area (Å²) in [5.74, 6) is -0.0680. The number of alkyl halides is 3. The fourth-order valence-electron chi connectivity index (χ4n) is 4.48. The van der Waals surface area contributed by atoms with Crippen LogP contribution in [0.5, 0.6) is 0 Å². The quantitative estimate of drug-likeness (QED) is 0.380. The van der Waals surface area contributed by atoms with Gasteiger partial charge in [0.25, 0.3) is 5.69 Å². The van der Waals surface area contributed by atoms with Crippen molar-refractivity contribution < 1.29 is 27.6 Å². The van der Waals surface area contributed by atoms with Crippen LogP contribution < -0.4 is 5.32 Å². The van der Waals surface area contributed by atoms with E-state index in [1.54, 1.807) is 4.90 Å². The molecule has 0 aliphatic carbocycles. The van der Waals surface area contributed by atoms with E-state index in [9.17, 15) is 28.1 Å². The van der Waals surface area contributed by atoms with Crippen LogP contribution in [0.2, 0.25) is 0 Å². The number of ether oxygens (including phenoxy) is 1. The summed E-state index contributed by atoms with van der Waals surface area (Å²) in [6, 6.07) is 2.80. The van der Waals surface area contributed by atoms with Crippen molar-refractivity contribution >= 4 is 17.3 Å². The SMILES string of the molecule is C.CCCCN1CCC(OCC(=O)N2CCC(Nc3ccc([N+](=O)[O-])c(C(F)(F)F)c3)CC2)CC1. The predicted octanol–water partition coefficient (Wildman–Crippen LogP) is 4.93. The summed E-state index contributed by atoms with van der Waals surface area (Å²) in [5, 5.41) is 13.9. The van der Waals surface area contributed by atoms with Gasteiger partial charge in [0.1, 0.15) is 12.2 Å². The van der Waals surface area contributed by atoms with Gasteiger partial charge in [-0.15, -0.1) is 0 Å². The van der Waals surface area contributed by atoms with Gasteiger partial charge in [0, 0.05) is 44.0 Å². The smallest absolute Gasteiger partial charge is 0.382 e. The van der Waals surface area contributed by atoms with Crippen molar-refractivity contribution in [1.29, 1.82) is 0 Å². The number of amides is 1. The van der Waals surface area contributed by atoms with E-state index in [1.807, 2.05) is 0 Å². The molecule has 0 bridgehead atoms. The van der Waals surface area contributed by atoms with E-state index < -0.39 is 22.4 Å². The van der Waals surface area contributed by atoms with Crippen LogP contribution in [0.25, 0.3) is 0 Å². The first-order valence-corrected chi connectivity index (χ1v) is 11.9. The molecule has 1 N–H and O–H groups in total. The number of likely N-dealkylation sites (tertiary alicyclic amines) is 2. The molecule has 0 unspecified atom stereocenters. The number of unbranched alkanes of at least 4 members (excludes halogenated alkanes) is 1. The Hall–Kier alpha value is -2.40. The number of hydrogen-bond acceptors (Lipinski definition) is 6. The maximum Gasteiger partial charge on any atom is 0.423 e. The highest BCUT2D eigenvalue weighted by Gasteiger charge is 2.38. The van der Waals surface area contributed by atoms with Gasteiger partial charge >= 0.3 is 6.18 Å². The Labute approximate surface area is 204 Å². The van der Waals surface area contributed by atoms with Crippen LogP contribution in [-0.2, 0) is 15.7 Å². The summed E-state index contributed by atoms with van der Waals surface area (Å²) in [6.07, 6.45) is 0.659. The summed E-state index contributed by atoms with van der Waals surface area (Å²) in [7, 11) is 0. The monoisotopic (exact) mass is 502 g/mol. The molecule has 198 valence electrons. The number of anilines is 1. The summed E-state index contributed by atoms with van der Waals surface area (Å²) >= 11 is 0. The van der Waals surface area contributed by atoms with E-state index in [4.69, 9.17) is 4.74 Å². The summed E-state index contributed by atoms with van der Waals surface area (Å²) in [5.41, 5.74) is -2.06. The second-order valence-corrected chi connectivity index (χ2v) is 8.99. The third-order valence-corrected chi connectivity index (χ3v) is 6.52. The Morgan fingerprint density at radius 1 is 1.17 bits per heavy atom. The van der Waals surface area contributed by atoms with Crippen LogP contribution >= 0.6 is 0 Å². The number of nitrogens with one attached hydrogen (secondary N) is 1. The Morgan fingerprint density at radius 3 is 2.40 bits per heavy atom. The molecule has 1 aromatic rings. The number of benzene rings is 1. The van der Waals surface area contributed by atoms with Crippen molar-refractivity contribution in [2.75, 3.05) is 44.6 Å². The highest BCUT2D eigenvalue weighted by atomic mass is 19.4. The van der Waals surface area contributed by atoms with Crippen molar-refractivity contribution in [2.24, 2.45) is 0 Å². The zero-order chi connectivity index (χ0) is 24.7. The first kappa shape index (κ1) is 28.8. The van der Waals surface area contributed by atoms with Gasteiger partial charge in [-0.2, -0.15) is 13.2 Å². The number of halogens is 3. The summed E-state index contributed by atoms with van der Waals surface area (Å²) in [6.45, 7) is 6.29. The maximum absolute atomic E-state index is 13.2. The molecule has 35 heavy (non-hydrogen) atoms. The van der Waals surface area contributed by atoms with Gasteiger partial charge in [-0.25, -0.2) is 0 Å². The molecule has 0 atom stereocenters. The lowest BCUT2D eigenvalue weighted by molar-refractivity contribution is -0.388. The Kier molecular flexibility index (Phi) is 10.8. The van der Waals surface area contributed by atoms with Crippen LogP contribution in [0.1, 0.15) is 58.4 Å². The van der Waals surface area contributed by atoms with Gasteiger partial charge in [0.05, 0.1) is 11.0 Å². The Morgan fingerprint density at radius 2 is 1.83 bits per heavy atom. The lowest BCUT2D eigenvalue weighted by atomic mass is 10.0. The fraction of sp³-hybridized carbons (Fsp3) is 0.708. The Bertz CT molecular complexity index is 837. The minimum Gasteiger partial charge on any atom is -0.382 e. The molecule has 0 aromatic heterocycles. The van der Waals surface area contributed by atoms with E-state index in [0.29, 0.717) is 25.9 Å². The van der Waals surface area contributed by atoms with Crippen LogP contribution in [0.15, 0.2) is 18.2 Å². The first-order valence-electron chi connectivity index (χ1n) is 11.9. The van der Waals surface area contributed by atoms with Crippen LogP contribution in [0.3, 0.4) is 0 Å². The second-order valence-electron chi connectivity index (χ2n) is 8.99. The highest BCUT2D eigenvalue weighted by Crippen LogP contribution is 2.37. The van der Waals surface area contributed by atoms with Crippen LogP contribution in [0.4, 0.5) is 24.5 Å². The highest BCUT2D eigenvalue weighted by molar-refractivity contribution is 5.77. The van der Waals surface area contributed by atoms with E-state index in [-0.39, 0.29) is 37.8 Å².